The second-order valence-corrected chi connectivity index (χ2v) is 4.26. The average Bonchev–Trinajstić information content (AvgIpc) is 2.30. The Bertz CT molecular complexity index is 275. The van der Waals surface area contributed by atoms with Gasteiger partial charge in [0.25, 0.3) is 0 Å². The highest BCUT2D eigenvalue weighted by Gasteiger charge is 2.04. The third kappa shape index (κ3) is 8.76. The van der Waals surface area contributed by atoms with Crippen LogP contribution in [0, 0.1) is 5.92 Å². The van der Waals surface area contributed by atoms with Crippen molar-refractivity contribution in [2.75, 3.05) is 20.6 Å². The minimum atomic E-state index is -1.14. The summed E-state index contributed by atoms with van der Waals surface area (Å²) in [5.41, 5.74) is 2.65. The largest absolute Gasteiger partial charge is 0.371 e. The van der Waals surface area contributed by atoms with Gasteiger partial charge in [-0.05, 0) is 39.1 Å². The molecule has 2 atom stereocenters. The van der Waals surface area contributed by atoms with Crippen LogP contribution in [0.15, 0.2) is 29.4 Å². The highest BCUT2D eigenvalue weighted by Crippen LogP contribution is 2.14. The van der Waals surface area contributed by atoms with Gasteiger partial charge in [0.1, 0.15) is 0 Å². The van der Waals surface area contributed by atoms with E-state index in [1.807, 2.05) is 14.1 Å². The van der Waals surface area contributed by atoms with Crippen LogP contribution < -0.4 is 5.48 Å². The fourth-order valence-corrected chi connectivity index (χ4v) is 1.10. The highest BCUT2D eigenvalue weighted by molar-refractivity contribution is 5.62. The third-order valence-corrected chi connectivity index (χ3v) is 2.38. The molecule has 0 rings (SSSR count). The summed E-state index contributed by atoms with van der Waals surface area (Å²) in [6.07, 6.45) is 4.45. The number of allylic oxidation sites excluding steroid dienone is 2. The topological polar surface area (TPSA) is 68.1 Å². The molecule has 0 saturated heterocycles. The van der Waals surface area contributed by atoms with Crippen LogP contribution in [0.1, 0.15) is 13.3 Å². The fourth-order valence-electron chi connectivity index (χ4n) is 1.10. The van der Waals surface area contributed by atoms with Crippen molar-refractivity contribution in [2.24, 2.45) is 10.9 Å². The smallest absolute Gasteiger partial charge is 0.162 e. The summed E-state index contributed by atoms with van der Waals surface area (Å²) in [5.74, 6) is 0.393. The Balaban J connectivity index is 3.99. The molecule has 0 bridgehead atoms. The van der Waals surface area contributed by atoms with Crippen LogP contribution in [-0.4, -0.2) is 48.3 Å². The van der Waals surface area contributed by atoms with Crippen LogP contribution in [0.2, 0.25) is 0 Å². The molecule has 0 fully saturated rings. The number of aliphatic imine (C=N–C) groups is 1. The van der Waals surface area contributed by atoms with Crippen molar-refractivity contribution >= 4 is 6.21 Å². The van der Waals surface area contributed by atoms with Crippen molar-refractivity contribution < 1.29 is 10.3 Å². The molecule has 0 spiro atoms. The SMILES string of the molecule is C=C(/C=C\N=CC(O)NO)C(C)CCN(C)C. The van der Waals surface area contributed by atoms with Gasteiger partial charge in [-0.25, -0.2) is 0 Å². The number of hydrogen-bond donors (Lipinski definition) is 3. The van der Waals surface area contributed by atoms with Gasteiger partial charge in [0.2, 0.25) is 0 Å². The molecule has 0 aromatic heterocycles. The number of hydrogen-bond acceptors (Lipinski definition) is 5. The number of nitrogens with one attached hydrogen (secondary N) is 1. The first-order chi connectivity index (χ1) is 7.97. The number of aliphatic hydroxyl groups excluding tert-OH is 1. The maximum Gasteiger partial charge on any atom is 0.162 e. The zero-order valence-electron chi connectivity index (χ0n) is 10.8. The van der Waals surface area contributed by atoms with Crippen LogP contribution in [0.3, 0.4) is 0 Å². The van der Waals surface area contributed by atoms with Gasteiger partial charge in [-0.2, -0.15) is 5.48 Å². The molecule has 0 heterocycles. The molecule has 98 valence electrons. The lowest BCUT2D eigenvalue weighted by Gasteiger charge is -2.15. The first-order valence-corrected chi connectivity index (χ1v) is 5.58. The summed E-state index contributed by atoms with van der Waals surface area (Å²) in [4.78, 5) is 5.94. The molecule has 17 heavy (non-hydrogen) atoms. The zero-order chi connectivity index (χ0) is 13.3. The van der Waals surface area contributed by atoms with E-state index in [2.05, 4.69) is 23.4 Å². The lowest BCUT2D eigenvalue weighted by Crippen LogP contribution is -2.26. The van der Waals surface area contributed by atoms with Crippen molar-refractivity contribution in [1.82, 2.24) is 10.4 Å². The van der Waals surface area contributed by atoms with Crippen LogP contribution in [0.25, 0.3) is 0 Å². The Morgan fingerprint density at radius 2 is 2.18 bits per heavy atom. The molecule has 0 aliphatic carbocycles. The molecule has 3 N–H and O–H groups in total. The van der Waals surface area contributed by atoms with Crippen LogP contribution >= 0.6 is 0 Å². The predicted molar refractivity (Wildman–Crippen MR) is 70.0 cm³/mol. The van der Waals surface area contributed by atoms with Crippen LogP contribution in [-0.2, 0) is 0 Å². The second kappa shape index (κ2) is 9.07. The van der Waals surface area contributed by atoms with Crippen LogP contribution in [0.4, 0.5) is 0 Å². The molecule has 0 radical (unpaired) electrons. The van der Waals surface area contributed by atoms with E-state index in [0.717, 1.165) is 18.5 Å². The molecule has 0 saturated carbocycles. The van der Waals surface area contributed by atoms with Crippen molar-refractivity contribution in [3.63, 3.8) is 0 Å². The minimum Gasteiger partial charge on any atom is -0.371 e. The van der Waals surface area contributed by atoms with E-state index >= 15 is 0 Å². The number of nitrogens with zero attached hydrogens (tertiary/aromatic N) is 2. The van der Waals surface area contributed by atoms with Crippen molar-refractivity contribution in [1.29, 1.82) is 0 Å². The molecule has 0 aliphatic rings. The quantitative estimate of drug-likeness (QED) is 0.257. The summed E-state index contributed by atoms with van der Waals surface area (Å²) < 4.78 is 0. The maximum absolute atomic E-state index is 8.91. The Morgan fingerprint density at radius 3 is 2.71 bits per heavy atom. The van der Waals surface area contributed by atoms with E-state index < -0.39 is 6.23 Å². The van der Waals surface area contributed by atoms with Crippen molar-refractivity contribution in [2.45, 2.75) is 19.6 Å². The van der Waals surface area contributed by atoms with Gasteiger partial charge >= 0.3 is 0 Å². The number of aliphatic hydroxyl groups is 1. The number of hydroxylamine groups is 1. The summed E-state index contributed by atoms with van der Waals surface area (Å²) in [5, 5.41) is 17.2. The second-order valence-electron chi connectivity index (χ2n) is 4.26. The van der Waals surface area contributed by atoms with E-state index in [-0.39, 0.29) is 0 Å². The van der Waals surface area contributed by atoms with Gasteiger partial charge in [0.15, 0.2) is 6.23 Å². The van der Waals surface area contributed by atoms with Crippen molar-refractivity contribution in [3.05, 3.63) is 24.4 Å². The van der Waals surface area contributed by atoms with Crippen LogP contribution in [0.5, 0.6) is 0 Å². The summed E-state index contributed by atoms with van der Waals surface area (Å²) >= 11 is 0. The standard InChI is InChI=1S/C12H23N3O2/c1-10(11(2)6-8-15(3)4)5-7-13-9-12(16)14-17/h5,7,9,11-12,14,16-17H,1,6,8H2,2-4H3/b7-5-,13-9?. The summed E-state index contributed by atoms with van der Waals surface area (Å²) in [7, 11) is 4.08. The monoisotopic (exact) mass is 241 g/mol. The van der Waals surface area contributed by atoms with E-state index in [1.165, 1.54) is 6.21 Å². The van der Waals surface area contributed by atoms with E-state index in [4.69, 9.17) is 10.3 Å². The average molecular weight is 241 g/mol. The molecular weight excluding hydrogens is 218 g/mol. The predicted octanol–water partition coefficient (Wildman–Crippen LogP) is 1.01. The molecule has 0 aromatic rings. The van der Waals surface area contributed by atoms with E-state index in [0.29, 0.717) is 5.92 Å². The van der Waals surface area contributed by atoms with Gasteiger partial charge in [-0.1, -0.05) is 19.1 Å². The Morgan fingerprint density at radius 1 is 1.53 bits per heavy atom. The Labute approximate surface area is 103 Å². The van der Waals surface area contributed by atoms with E-state index in [9.17, 15) is 0 Å². The maximum atomic E-state index is 8.91. The number of rotatable bonds is 8. The zero-order valence-corrected chi connectivity index (χ0v) is 10.8. The Kier molecular flexibility index (Phi) is 8.53. The van der Waals surface area contributed by atoms with Gasteiger partial charge in [-0.3, -0.25) is 4.99 Å². The highest BCUT2D eigenvalue weighted by atomic mass is 16.5. The molecule has 0 aromatic carbocycles. The van der Waals surface area contributed by atoms with Crippen molar-refractivity contribution in [3.8, 4) is 0 Å². The normalized spacial score (nSPS) is 15.9. The van der Waals surface area contributed by atoms with Gasteiger partial charge < -0.3 is 15.2 Å². The van der Waals surface area contributed by atoms with Gasteiger partial charge in [-0.15, -0.1) is 0 Å². The van der Waals surface area contributed by atoms with Gasteiger partial charge in [0, 0.05) is 12.4 Å². The molecular formula is C12H23N3O2. The molecule has 5 nitrogen and oxygen atoms in total. The summed E-state index contributed by atoms with van der Waals surface area (Å²) in [6.45, 7) is 7.10. The summed E-state index contributed by atoms with van der Waals surface area (Å²) in [6, 6.07) is 0. The Hall–Kier alpha value is -1.01. The molecule has 0 amide bonds. The van der Waals surface area contributed by atoms with E-state index in [1.54, 1.807) is 17.8 Å². The fraction of sp³-hybridized carbons (Fsp3) is 0.583. The lowest BCUT2D eigenvalue weighted by molar-refractivity contribution is 0.0462. The molecule has 5 heteroatoms. The third-order valence-electron chi connectivity index (χ3n) is 2.38. The molecule has 2 unspecified atom stereocenters. The minimum absolute atomic E-state index is 0.393. The first-order valence-electron chi connectivity index (χ1n) is 5.58. The first kappa shape index (κ1) is 16.0. The van der Waals surface area contributed by atoms with Gasteiger partial charge in [0.05, 0.1) is 0 Å². The molecule has 0 aliphatic heterocycles. The lowest BCUT2D eigenvalue weighted by atomic mass is 9.99.